The molecular weight excluding hydrogens is 226 g/mol. The van der Waals surface area contributed by atoms with Crippen molar-refractivity contribution in [1.82, 2.24) is 9.88 Å². The average molecular weight is 245 g/mol. The second-order valence-corrected chi connectivity index (χ2v) is 4.80. The third-order valence-electron chi connectivity index (χ3n) is 3.55. The summed E-state index contributed by atoms with van der Waals surface area (Å²) < 4.78 is 0. The van der Waals surface area contributed by atoms with E-state index in [1.807, 2.05) is 38.3 Å². The molecule has 1 heterocycles. The monoisotopic (exact) mass is 245 g/mol. The van der Waals surface area contributed by atoms with Gasteiger partial charge in [0.25, 0.3) is 0 Å². The van der Waals surface area contributed by atoms with Crippen LogP contribution in [0.3, 0.4) is 0 Å². The van der Waals surface area contributed by atoms with Crippen LogP contribution in [-0.4, -0.2) is 28.9 Å². The van der Waals surface area contributed by atoms with Gasteiger partial charge in [-0.3, -0.25) is 9.78 Å². The van der Waals surface area contributed by atoms with Gasteiger partial charge in [0.1, 0.15) is 0 Å². The summed E-state index contributed by atoms with van der Waals surface area (Å²) in [5, 5.41) is 0. The molecule has 0 spiro atoms. The van der Waals surface area contributed by atoms with E-state index in [4.69, 9.17) is 5.73 Å². The summed E-state index contributed by atoms with van der Waals surface area (Å²) in [5.74, 6) is 0.0535. The van der Waals surface area contributed by atoms with Crippen LogP contribution in [0.15, 0.2) is 36.7 Å². The van der Waals surface area contributed by atoms with Gasteiger partial charge in [0.05, 0.1) is 12.0 Å². The molecule has 3 atom stereocenters. The highest BCUT2D eigenvalue weighted by Crippen LogP contribution is 2.24. The highest BCUT2D eigenvalue weighted by atomic mass is 16.2. The lowest BCUT2D eigenvalue weighted by molar-refractivity contribution is -0.134. The first kappa shape index (κ1) is 12.8. The summed E-state index contributed by atoms with van der Waals surface area (Å²) in [7, 11) is 1.84. The number of carbonyl (C=O) groups excluding carboxylic acids is 1. The van der Waals surface area contributed by atoms with Crippen LogP contribution in [0.5, 0.6) is 0 Å². The molecule has 0 saturated heterocycles. The average Bonchev–Trinajstić information content (AvgIpc) is 2.84. The van der Waals surface area contributed by atoms with E-state index in [2.05, 4.69) is 4.98 Å². The number of rotatable bonds is 3. The number of carbonyl (C=O) groups is 1. The minimum atomic E-state index is -0.0747. The molecule has 4 nitrogen and oxygen atoms in total. The molecule has 3 unspecified atom stereocenters. The summed E-state index contributed by atoms with van der Waals surface area (Å²) in [6.07, 6.45) is 8.04. The van der Waals surface area contributed by atoms with Crippen LogP contribution in [0.2, 0.25) is 0 Å². The quantitative estimate of drug-likeness (QED) is 0.821. The lowest BCUT2D eigenvalue weighted by atomic mass is 10.0. The zero-order valence-corrected chi connectivity index (χ0v) is 10.8. The third-order valence-corrected chi connectivity index (χ3v) is 3.55. The van der Waals surface area contributed by atoms with E-state index in [1.54, 1.807) is 17.3 Å². The van der Waals surface area contributed by atoms with Crippen molar-refractivity contribution in [2.45, 2.75) is 25.4 Å². The molecule has 18 heavy (non-hydrogen) atoms. The predicted molar refractivity (Wildman–Crippen MR) is 70.6 cm³/mol. The normalized spacial score (nSPS) is 23.9. The van der Waals surface area contributed by atoms with Gasteiger partial charge in [0.2, 0.25) is 5.91 Å². The van der Waals surface area contributed by atoms with Gasteiger partial charge in [-0.1, -0.05) is 12.2 Å². The fourth-order valence-corrected chi connectivity index (χ4v) is 2.23. The van der Waals surface area contributed by atoms with Crippen LogP contribution in [0.4, 0.5) is 0 Å². The van der Waals surface area contributed by atoms with E-state index >= 15 is 0 Å². The first-order valence-electron chi connectivity index (χ1n) is 6.20. The Morgan fingerprint density at radius 2 is 2.11 bits per heavy atom. The molecule has 1 aromatic rings. The van der Waals surface area contributed by atoms with Crippen molar-refractivity contribution in [2.75, 3.05) is 7.05 Å². The first-order chi connectivity index (χ1) is 8.59. The van der Waals surface area contributed by atoms with Crippen LogP contribution in [0.1, 0.15) is 24.9 Å². The second-order valence-electron chi connectivity index (χ2n) is 4.80. The summed E-state index contributed by atoms with van der Waals surface area (Å²) in [6.45, 7) is 2.02. The molecule has 0 fully saturated rings. The number of nitrogens with two attached hydrogens (primary N) is 1. The maximum Gasteiger partial charge on any atom is 0.229 e. The van der Waals surface area contributed by atoms with Gasteiger partial charge >= 0.3 is 0 Å². The lowest BCUT2D eigenvalue weighted by Crippen LogP contribution is -2.34. The van der Waals surface area contributed by atoms with Gasteiger partial charge in [0, 0.05) is 25.5 Å². The van der Waals surface area contributed by atoms with E-state index in [0.717, 1.165) is 5.56 Å². The number of amides is 1. The highest BCUT2D eigenvalue weighted by Gasteiger charge is 2.27. The van der Waals surface area contributed by atoms with Gasteiger partial charge < -0.3 is 10.6 Å². The Hall–Kier alpha value is -1.68. The molecule has 1 amide bonds. The first-order valence-corrected chi connectivity index (χ1v) is 6.20. The molecule has 1 aliphatic carbocycles. The Kier molecular flexibility index (Phi) is 3.77. The SMILES string of the molecule is CC(c1ccncc1)N(C)C(=O)C1C=CC(N)C1. The molecule has 96 valence electrons. The largest absolute Gasteiger partial charge is 0.338 e. The van der Waals surface area contributed by atoms with Crippen LogP contribution in [0, 0.1) is 5.92 Å². The zero-order valence-electron chi connectivity index (χ0n) is 10.8. The molecular formula is C14H19N3O. The van der Waals surface area contributed by atoms with E-state index in [1.165, 1.54) is 0 Å². The molecule has 0 aromatic carbocycles. The Balaban J connectivity index is 2.05. The van der Waals surface area contributed by atoms with Crippen LogP contribution in [-0.2, 0) is 4.79 Å². The Bertz CT molecular complexity index is 444. The van der Waals surface area contributed by atoms with Gasteiger partial charge in [-0.2, -0.15) is 0 Å². The minimum absolute atomic E-state index is 0.0172. The van der Waals surface area contributed by atoms with Crippen LogP contribution < -0.4 is 5.73 Å². The predicted octanol–water partition coefficient (Wildman–Crippen LogP) is 1.50. The van der Waals surface area contributed by atoms with E-state index in [-0.39, 0.29) is 23.9 Å². The molecule has 1 aliphatic rings. The maximum atomic E-state index is 12.3. The van der Waals surface area contributed by atoms with E-state index < -0.39 is 0 Å². The summed E-state index contributed by atoms with van der Waals surface area (Å²) in [6, 6.07) is 3.93. The van der Waals surface area contributed by atoms with Crippen molar-refractivity contribution in [3.8, 4) is 0 Å². The van der Waals surface area contributed by atoms with Gasteiger partial charge in [-0.15, -0.1) is 0 Å². The molecule has 0 saturated carbocycles. The topological polar surface area (TPSA) is 59.2 Å². The summed E-state index contributed by atoms with van der Waals surface area (Å²) in [4.78, 5) is 18.1. The van der Waals surface area contributed by atoms with Gasteiger partial charge in [-0.25, -0.2) is 0 Å². The van der Waals surface area contributed by atoms with Crippen molar-refractivity contribution in [2.24, 2.45) is 11.7 Å². The second kappa shape index (κ2) is 5.31. The summed E-state index contributed by atoms with van der Waals surface area (Å²) >= 11 is 0. The number of pyridine rings is 1. The van der Waals surface area contributed by atoms with Crippen molar-refractivity contribution >= 4 is 5.91 Å². The van der Waals surface area contributed by atoms with Crippen molar-refractivity contribution in [1.29, 1.82) is 0 Å². The molecule has 0 bridgehead atoms. The maximum absolute atomic E-state index is 12.3. The zero-order chi connectivity index (χ0) is 13.1. The Morgan fingerprint density at radius 1 is 1.44 bits per heavy atom. The molecule has 2 N–H and O–H groups in total. The molecule has 0 aliphatic heterocycles. The van der Waals surface area contributed by atoms with Gasteiger partial charge in [-0.05, 0) is 31.0 Å². The third kappa shape index (κ3) is 2.59. The number of aromatic nitrogens is 1. The summed E-state index contributed by atoms with van der Waals surface area (Å²) in [5.41, 5.74) is 6.87. The molecule has 2 rings (SSSR count). The van der Waals surface area contributed by atoms with Crippen molar-refractivity contribution < 1.29 is 4.79 Å². The lowest BCUT2D eigenvalue weighted by Gasteiger charge is -2.27. The van der Waals surface area contributed by atoms with Crippen LogP contribution >= 0.6 is 0 Å². The van der Waals surface area contributed by atoms with Crippen molar-refractivity contribution in [3.63, 3.8) is 0 Å². The minimum Gasteiger partial charge on any atom is -0.338 e. The van der Waals surface area contributed by atoms with Gasteiger partial charge in [0.15, 0.2) is 0 Å². The van der Waals surface area contributed by atoms with E-state index in [0.29, 0.717) is 6.42 Å². The Morgan fingerprint density at radius 3 is 2.67 bits per heavy atom. The number of nitrogens with zero attached hydrogens (tertiary/aromatic N) is 2. The number of hydrogen-bond acceptors (Lipinski definition) is 3. The molecule has 4 heteroatoms. The fourth-order valence-electron chi connectivity index (χ4n) is 2.23. The van der Waals surface area contributed by atoms with Crippen molar-refractivity contribution in [3.05, 3.63) is 42.2 Å². The number of hydrogen-bond donors (Lipinski definition) is 1. The fraction of sp³-hybridized carbons (Fsp3) is 0.429. The molecule has 1 aromatic heterocycles. The smallest absolute Gasteiger partial charge is 0.229 e. The highest BCUT2D eigenvalue weighted by molar-refractivity contribution is 5.81. The molecule has 0 radical (unpaired) electrons. The van der Waals surface area contributed by atoms with E-state index in [9.17, 15) is 4.79 Å². The standard InChI is InChI=1S/C14H19N3O/c1-10(11-5-7-16-8-6-11)17(2)14(18)12-3-4-13(15)9-12/h3-8,10,12-13H,9,15H2,1-2H3. The van der Waals surface area contributed by atoms with Crippen LogP contribution in [0.25, 0.3) is 0 Å². The Labute approximate surface area is 108 Å².